The molecule has 0 bridgehead atoms. The van der Waals surface area contributed by atoms with Crippen LogP contribution < -0.4 is 10.1 Å². The number of amides is 1. The van der Waals surface area contributed by atoms with Gasteiger partial charge in [0.2, 0.25) is 0 Å². The highest BCUT2D eigenvalue weighted by molar-refractivity contribution is 6.05. The molecule has 106 valence electrons. The van der Waals surface area contributed by atoms with Crippen LogP contribution in [0, 0.1) is 0 Å². The quantitative estimate of drug-likeness (QED) is 0.803. The van der Waals surface area contributed by atoms with E-state index in [9.17, 15) is 4.79 Å². The molecule has 1 N–H and O–H groups in total. The van der Waals surface area contributed by atoms with Crippen molar-refractivity contribution in [1.82, 2.24) is 9.55 Å². The second-order valence-corrected chi connectivity index (χ2v) is 4.75. The van der Waals surface area contributed by atoms with Crippen molar-refractivity contribution in [3.05, 3.63) is 54.4 Å². The van der Waals surface area contributed by atoms with Crippen LogP contribution in [0.15, 0.2) is 48.8 Å². The van der Waals surface area contributed by atoms with E-state index in [1.54, 1.807) is 37.7 Å². The molecular formula is C16H15N3O2. The van der Waals surface area contributed by atoms with Crippen LogP contribution in [-0.2, 0) is 7.05 Å². The Labute approximate surface area is 122 Å². The van der Waals surface area contributed by atoms with Crippen molar-refractivity contribution >= 4 is 22.6 Å². The summed E-state index contributed by atoms with van der Waals surface area (Å²) in [5.74, 6) is 0.479. The number of anilines is 1. The van der Waals surface area contributed by atoms with Gasteiger partial charge >= 0.3 is 0 Å². The second kappa shape index (κ2) is 5.28. The number of nitrogens with one attached hydrogen (secondary N) is 1. The average molecular weight is 281 g/mol. The van der Waals surface area contributed by atoms with Crippen LogP contribution in [0.5, 0.6) is 5.75 Å². The molecular weight excluding hydrogens is 266 g/mol. The van der Waals surface area contributed by atoms with Crippen molar-refractivity contribution in [2.75, 3.05) is 12.4 Å². The first-order chi connectivity index (χ1) is 10.2. The zero-order valence-corrected chi connectivity index (χ0v) is 11.8. The lowest BCUT2D eigenvalue weighted by atomic mass is 10.2. The summed E-state index contributed by atoms with van der Waals surface area (Å²) in [4.78, 5) is 16.5. The number of hydrogen-bond donors (Lipinski definition) is 1. The summed E-state index contributed by atoms with van der Waals surface area (Å²) in [6.45, 7) is 0. The van der Waals surface area contributed by atoms with Crippen molar-refractivity contribution < 1.29 is 9.53 Å². The third kappa shape index (κ3) is 2.58. The summed E-state index contributed by atoms with van der Waals surface area (Å²) in [7, 11) is 3.51. The fraction of sp³-hybridized carbons (Fsp3) is 0.125. The molecule has 1 aromatic heterocycles. The minimum atomic E-state index is -0.177. The first-order valence-electron chi connectivity index (χ1n) is 6.54. The predicted molar refractivity (Wildman–Crippen MR) is 81.7 cm³/mol. The van der Waals surface area contributed by atoms with Gasteiger partial charge in [0.15, 0.2) is 0 Å². The Morgan fingerprint density at radius 2 is 2.10 bits per heavy atom. The molecule has 5 heteroatoms. The number of benzene rings is 2. The van der Waals surface area contributed by atoms with E-state index in [2.05, 4.69) is 10.3 Å². The van der Waals surface area contributed by atoms with E-state index in [1.165, 1.54) is 0 Å². The maximum absolute atomic E-state index is 12.2. The van der Waals surface area contributed by atoms with Crippen LogP contribution in [0.4, 0.5) is 5.69 Å². The molecule has 0 radical (unpaired) electrons. The molecule has 0 saturated heterocycles. The van der Waals surface area contributed by atoms with Gasteiger partial charge in [0.1, 0.15) is 5.75 Å². The van der Waals surface area contributed by atoms with E-state index in [0.29, 0.717) is 17.0 Å². The topological polar surface area (TPSA) is 56.1 Å². The molecule has 3 aromatic rings. The van der Waals surface area contributed by atoms with Crippen molar-refractivity contribution in [3.63, 3.8) is 0 Å². The molecule has 0 aliphatic heterocycles. The largest absolute Gasteiger partial charge is 0.497 e. The Hall–Kier alpha value is -2.82. The van der Waals surface area contributed by atoms with Gasteiger partial charge in [0, 0.05) is 18.3 Å². The third-order valence-electron chi connectivity index (χ3n) is 3.32. The molecule has 21 heavy (non-hydrogen) atoms. The molecule has 0 spiro atoms. The minimum Gasteiger partial charge on any atom is -0.497 e. The fourth-order valence-electron chi connectivity index (χ4n) is 2.18. The Kier molecular flexibility index (Phi) is 3.31. The molecule has 5 nitrogen and oxygen atoms in total. The monoisotopic (exact) mass is 281 g/mol. The normalized spacial score (nSPS) is 10.6. The summed E-state index contributed by atoms with van der Waals surface area (Å²) in [5, 5.41) is 2.87. The maximum atomic E-state index is 12.2. The summed E-state index contributed by atoms with van der Waals surface area (Å²) in [6, 6.07) is 12.7. The smallest absolute Gasteiger partial charge is 0.255 e. The zero-order valence-electron chi connectivity index (χ0n) is 11.8. The molecule has 3 rings (SSSR count). The molecule has 0 saturated carbocycles. The number of carbonyl (C=O) groups is 1. The van der Waals surface area contributed by atoms with E-state index in [4.69, 9.17) is 4.74 Å². The number of aromatic nitrogens is 2. The van der Waals surface area contributed by atoms with Crippen LogP contribution >= 0.6 is 0 Å². The maximum Gasteiger partial charge on any atom is 0.255 e. The first kappa shape index (κ1) is 13.2. The van der Waals surface area contributed by atoms with Gasteiger partial charge in [-0.3, -0.25) is 4.79 Å². The highest BCUT2D eigenvalue weighted by Crippen LogP contribution is 2.19. The lowest BCUT2D eigenvalue weighted by Crippen LogP contribution is -2.11. The predicted octanol–water partition coefficient (Wildman–Crippen LogP) is 2.83. The van der Waals surface area contributed by atoms with Gasteiger partial charge in [-0.15, -0.1) is 0 Å². The van der Waals surface area contributed by atoms with E-state index >= 15 is 0 Å². The Balaban J connectivity index is 1.85. The molecule has 0 aliphatic carbocycles. The number of rotatable bonds is 3. The van der Waals surface area contributed by atoms with Crippen molar-refractivity contribution in [2.45, 2.75) is 0 Å². The van der Waals surface area contributed by atoms with Crippen molar-refractivity contribution in [1.29, 1.82) is 0 Å². The van der Waals surface area contributed by atoms with Crippen molar-refractivity contribution in [2.24, 2.45) is 7.05 Å². The highest BCUT2D eigenvalue weighted by Gasteiger charge is 2.08. The molecule has 0 aliphatic rings. The Morgan fingerprint density at radius 3 is 2.90 bits per heavy atom. The number of methoxy groups -OCH3 is 1. The first-order valence-corrected chi connectivity index (χ1v) is 6.54. The summed E-state index contributed by atoms with van der Waals surface area (Å²) >= 11 is 0. The summed E-state index contributed by atoms with van der Waals surface area (Å²) < 4.78 is 7.06. The summed E-state index contributed by atoms with van der Waals surface area (Å²) in [6.07, 6.45) is 1.75. The number of ether oxygens (including phenoxy) is 1. The molecule has 2 aromatic carbocycles. The zero-order chi connectivity index (χ0) is 14.8. The summed E-state index contributed by atoms with van der Waals surface area (Å²) in [5.41, 5.74) is 3.14. The van der Waals surface area contributed by atoms with Gasteiger partial charge in [0.25, 0.3) is 5.91 Å². The van der Waals surface area contributed by atoms with Gasteiger partial charge < -0.3 is 14.6 Å². The number of hydrogen-bond acceptors (Lipinski definition) is 3. The van der Waals surface area contributed by atoms with E-state index in [1.807, 2.05) is 29.8 Å². The van der Waals surface area contributed by atoms with Gasteiger partial charge in [0.05, 0.1) is 24.5 Å². The number of aryl methyl sites for hydroxylation is 1. The highest BCUT2D eigenvalue weighted by atomic mass is 16.5. The van der Waals surface area contributed by atoms with Gasteiger partial charge in [-0.05, 0) is 36.4 Å². The second-order valence-electron chi connectivity index (χ2n) is 4.75. The molecule has 0 fully saturated rings. The Bertz CT molecular complexity index is 808. The number of nitrogens with zero attached hydrogens (tertiary/aromatic N) is 2. The van der Waals surface area contributed by atoms with Crippen molar-refractivity contribution in [3.8, 4) is 5.75 Å². The fourth-order valence-corrected chi connectivity index (χ4v) is 2.18. The molecule has 0 atom stereocenters. The number of carbonyl (C=O) groups excluding carboxylic acids is 1. The van der Waals surface area contributed by atoms with E-state index in [0.717, 1.165) is 11.0 Å². The van der Waals surface area contributed by atoms with Crippen LogP contribution in [0.25, 0.3) is 11.0 Å². The van der Waals surface area contributed by atoms with Gasteiger partial charge in [-0.25, -0.2) is 4.98 Å². The molecule has 0 unspecified atom stereocenters. The van der Waals surface area contributed by atoms with Gasteiger partial charge in [-0.1, -0.05) is 6.07 Å². The van der Waals surface area contributed by atoms with E-state index < -0.39 is 0 Å². The minimum absolute atomic E-state index is 0.177. The van der Waals surface area contributed by atoms with Crippen LogP contribution in [0.2, 0.25) is 0 Å². The molecule has 1 heterocycles. The standard InChI is InChI=1S/C16H15N3O2/c1-19-10-17-14-9-12(6-7-15(14)19)18-16(20)11-4-3-5-13(8-11)21-2/h3-10H,1-2H3,(H,18,20). The number of fused-ring (bicyclic) bond motifs is 1. The Morgan fingerprint density at radius 1 is 1.24 bits per heavy atom. The van der Waals surface area contributed by atoms with Crippen LogP contribution in [0.1, 0.15) is 10.4 Å². The molecule has 1 amide bonds. The third-order valence-corrected chi connectivity index (χ3v) is 3.32. The van der Waals surface area contributed by atoms with E-state index in [-0.39, 0.29) is 5.91 Å². The van der Waals surface area contributed by atoms with Gasteiger partial charge in [-0.2, -0.15) is 0 Å². The SMILES string of the molecule is COc1cccc(C(=O)Nc2ccc3c(c2)ncn3C)c1. The lowest BCUT2D eigenvalue weighted by molar-refractivity contribution is 0.102. The number of imidazole rings is 1. The lowest BCUT2D eigenvalue weighted by Gasteiger charge is -2.07. The van der Waals surface area contributed by atoms with Crippen LogP contribution in [0.3, 0.4) is 0 Å². The average Bonchev–Trinajstić information content (AvgIpc) is 2.88. The van der Waals surface area contributed by atoms with Crippen LogP contribution in [-0.4, -0.2) is 22.6 Å².